The van der Waals surface area contributed by atoms with Gasteiger partial charge >= 0.3 is 0 Å². The fourth-order valence-electron chi connectivity index (χ4n) is 3.63. The van der Waals surface area contributed by atoms with E-state index in [-0.39, 0.29) is 5.92 Å². The summed E-state index contributed by atoms with van der Waals surface area (Å²) in [5.41, 5.74) is -0.600. The minimum Gasteiger partial charge on any atom is -0.392 e. The molecule has 2 N–H and O–H groups in total. The van der Waals surface area contributed by atoms with Crippen LogP contribution in [0.3, 0.4) is 0 Å². The summed E-state index contributed by atoms with van der Waals surface area (Å²) in [6.07, 6.45) is 3.73. The van der Waals surface area contributed by atoms with Crippen LogP contribution in [0.4, 0.5) is 0 Å². The van der Waals surface area contributed by atoms with Crippen LogP contribution in [0.25, 0.3) is 0 Å². The molecule has 124 valence electrons. The third-order valence-corrected chi connectivity index (χ3v) is 5.65. The molecule has 1 aromatic heterocycles. The van der Waals surface area contributed by atoms with Gasteiger partial charge in [-0.05, 0) is 36.5 Å². The van der Waals surface area contributed by atoms with Gasteiger partial charge < -0.3 is 10.2 Å². The summed E-state index contributed by atoms with van der Waals surface area (Å²) >= 11 is 5.94. The van der Waals surface area contributed by atoms with Gasteiger partial charge in [0, 0.05) is 10.4 Å². The number of nitrogens with zero attached hydrogens (tertiary/aromatic N) is 3. The van der Waals surface area contributed by atoms with E-state index >= 15 is 0 Å². The van der Waals surface area contributed by atoms with Crippen LogP contribution < -0.4 is 0 Å². The Hall–Kier alpha value is -1.43. The second-order valence-electron chi connectivity index (χ2n) is 7.02. The summed E-state index contributed by atoms with van der Waals surface area (Å²) in [5.74, 6) is -0.0714. The van der Waals surface area contributed by atoms with Gasteiger partial charge in [-0.1, -0.05) is 37.6 Å². The smallest absolute Gasteiger partial charge is 0.137 e. The van der Waals surface area contributed by atoms with Crippen molar-refractivity contribution < 1.29 is 10.2 Å². The topological polar surface area (TPSA) is 71.2 Å². The molecule has 0 amide bonds. The number of rotatable bonds is 4. The van der Waals surface area contributed by atoms with Crippen LogP contribution in [0.1, 0.15) is 25.8 Å². The average molecular weight is 336 g/mol. The Morgan fingerprint density at radius 3 is 2.61 bits per heavy atom. The first-order chi connectivity index (χ1) is 10.8. The quantitative estimate of drug-likeness (QED) is 0.899. The van der Waals surface area contributed by atoms with E-state index in [0.29, 0.717) is 24.4 Å². The van der Waals surface area contributed by atoms with E-state index in [1.807, 2.05) is 38.1 Å². The molecule has 1 aliphatic rings. The molecular formula is C17H22ClN3O2. The van der Waals surface area contributed by atoms with Gasteiger partial charge in [-0.25, -0.2) is 4.98 Å². The van der Waals surface area contributed by atoms with Crippen molar-refractivity contribution in [1.82, 2.24) is 14.8 Å². The summed E-state index contributed by atoms with van der Waals surface area (Å²) < 4.78 is 1.63. The minimum atomic E-state index is -1.07. The standard InChI is InChI=1S/C17H22ClN3O2/c1-16(2)15(22)8-13(7-12-3-5-14(18)6-4-12)17(16,23)9-21-11-19-10-20-21/h3-6,10-11,13,15,22-23H,7-9H2,1-2H3. The first-order valence-electron chi connectivity index (χ1n) is 7.80. The van der Waals surface area contributed by atoms with Crippen molar-refractivity contribution in [2.45, 2.75) is 44.9 Å². The van der Waals surface area contributed by atoms with Crippen LogP contribution in [0.2, 0.25) is 5.02 Å². The maximum absolute atomic E-state index is 11.5. The Morgan fingerprint density at radius 2 is 2.00 bits per heavy atom. The van der Waals surface area contributed by atoms with Crippen LogP contribution in [0, 0.1) is 11.3 Å². The molecule has 23 heavy (non-hydrogen) atoms. The predicted octanol–water partition coefficient (Wildman–Crippen LogP) is 2.31. The second-order valence-corrected chi connectivity index (χ2v) is 7.45. The van der Waals surface area contributed by atoms with Gasteiger partial charge in [-0.3, -0.25) is 4.68 Å². The molecule has 0 saturated heterocycles. The van der Waals surface area contributed by atoms with Crippen LogP contribution in [-0.2, 0) is 13.0 Å². The molecule has 0 radical (unpaired) electrons. The van der Waals surface area contributed by atoms with Gasteiger partial charge in [0.25, 0.3) is 0 Å². The molecule has 1 saturated carbocycles. The summed E-state index contributed by atoms with van der Waals surface area (Å²) in [7, 11) is 0. The molecule has 1 fully saturated rings. The zero-order chi connectivity index (χ0) is 16.7. The third-order valence-electron chi connectivity index (χ3n) is 5.40. The van der Waals surface area contributed by atoms with Crippen molar-refractivity contribution in [3.05, 3.63) is 47.5 Å². The average Bonchev–Trinajstić information content (AvgIpc) is 3.05. The highest BCUT2D eigenvalue weighted by atomic mass is 35.5. The summed E-state index contributed by atoms with van der Waals surface area (Å²) in [5, 5.41) is 26.8. The van der Waals surface area contributed by atoms with Crippen molar-refractivity contribution in [2.75, 3.05) is 0 Å². The lowest BCUT2D eigenvalue weighted by molar-refractivity contribution is -0.113. The Morgan fingerprint density at radius 1 is 1.30 bits per heavy atom. The summed E-state index contributed by atoms with van der Waals surface area (Å²) in [6.45, 7) is 4.14. The number of halogens is 1. The van der Waals surface area contributed by atoms with Crippen LogP contribution in [-0.4, -0.2) is 36.7 Å². The van der Waals surface area contributed by atoms with Gasteiger partial charge in [-0.15, -0.1) is 0 Å². The molecule has 0 aliphatic heterocycles. The SMILES string of the molecule is CC1(C)C(O)CC(Cc2ccc(Cl)cc2)C1(O)Cn1cncn1. The lowest BCUT2D eigenvalue weighted by Gasteiger charge is -2.41. The van der Waals surface area contributed by atoms with Crippen molar-refractivity contribution in [2.24, 2.45) is 11.3 Å². The van der Waals surface area contributed by atoms with E-state index in [1.54, 1.807) is 11.0 Å². The van der Waals surface area contributed by atoms with Crippen LogP contribution in [0.15, 0.2) is 36.9 Å². The Bertz CT molecular complexity index is 657. The number of hydrogen-bond acceptors (Lipinski definition) is 4. The minimum absolute atomic E-state index is 0.0714. The fraction of sp³-hybridized carbons (Fsp3) is 0.529. The molecule has 1 aromatic carbocycles. The fourth-order valence-corrected chi connectivity index (χ4v) is 3.75. The van der Waals surface area contributed by atoms with Crippen molar-refractivity contribution in [3.8, 4) is 0 Å². The van der Waals surface area contributed by atoms with E-state index in [1.165, 1.54) is 6.33 Å². The van der Waals surface area contributed by atoms with Gasteiger partial charge in [0.15, 0.2) is 0 Å². The number of aromatic nitrogens is 3. The Labute approximate surface area is 140 Å². The molecule has 0 spiro atoms. The largest absolute Gasteiger partial charge is 0.392 e. The summed E-state index contributed by atoms with van der Waals surface area (Å²) in [4.78, 5) is 3.94. The van der Waals surface area contributed by atoms with Crippen molar-refractivity contribution in [3.63, 3.8) is 0 Å². The number of benzene rings is 1. The summed E-state index contributed by atoms with van der Waals surface area (Å²) in [6, 6.07) is 7.64. The van der Waals surface area contributed by atoms with E-state index in [2.05, 4.69) is 10.1 Å². The molecule has 5 nitrogen and oxygen atoms in total. The Kier molecular flexibility index (Phi) is 4.21. The first kappa shape index (κ1) is 16.4. The zero-order valence-electron chi connectivity index (χ0n) is 13.4. The van der Waals surface area contributed by atoms with Gasteiger partial charge in [0.05, 0.1) is 18.2 Å². The van der Waals surface area contributed by atoms with E-state index in [0.717, 1.165) is 5.56 Å². The molecule has 3 atom stereocenters. The monoisotopic (exact) mass is 335 g/mol. The maximum atomic E-state index is 11.5. The van der Waals surface area contributed by atoms with Crippen molar-refractivity contribution >= 4 is 11.6 Å². The van der Waals surface area contributed by atoms with E-state index in [4.69, 9.17) is 11.6 Å². The molecular weight excluding hydrogens is 314 g/mol. The highest BCUT2D eigenvalue weighted by molar-refractivity contribution is 6.30. The highest BCUT2D eigenvalue weighted by Gasteiger charge is 2.59. The molecule has 0 bridgehead atoms. The zero-order valence-corrected chi connectivity index (χ0v) is 14.1. The predicted molar refractivity (Wildman–Crippen MR) is 88.0 cm³/mol. The molecule has 2 aromatic rings. The molecule has 1 aliphatic carbocycles. The lowest BCUT2D eigenvalue weighted by atomic mass is 9.72. The van der Waals surface area contributed by atoms with Gasteiger partial charge in [0.2, 0.25) is 0 Å². The molecule has 3 unspecified atom stereocenters. The third kappa shape index (κ3) is 2.89. The molecule has 6 heteroatoms. The van der Waals surface area contributed by atoms with E-state index < -0.39 is 17.1 Å². The molecule has 3 rings (SSSR count). The normalized spacial score (nSPS) is 29.8. The van der Waals surface area contributed by atoms with Crippen LogP contribution in [0.5, 0.6) is 0 Å². The Balaban J connectivity index is 1.89. The first-order valence-corrected chi connectivity index (χ1v) is 8.18. The number of aliphatic hydroxyl groups is 2. The van der Waals surface area contributed by atoms with E-state index in [9.17, 15) is 10.2 Å². The van der Waals surface area contributed by atoms with Crippen molar-refractivity contribution in [1.29, 1.82) is 0 Å². The lowest BCUT2D eigenvalue weighted by Crippen LogP contribution is -2.51. The van der Waals surface area contributed by atoms with Gasteiger partial charge in [-0.2, -0.15) is 5.10 Å². The van der Waals surface area contributed by atoms with Crippen LogP contribution >= 0.6 is 11.6 Å². The number of hydrogen-bond donors (Lipinski definition) is 2. The highest BCUT2D eigenvalue weighted by Crippen LogP contribution is 2.51. The maximum Gasteiger partial charge on any atom is 0.137 e. The second kappa shape index (κ2) is 5.89. The van der Waals surface area contributed by atoms with Gasteiger partial charge in [0.1, 0.15) is 12.7 Å². The number of aliphatic hydroxyl groups excluding tert-OH is 1. The molecule has 1 heterocycles.